The van der Waals surface area contributed by atoms with Crippen molar-refractivity contribution in [2.45, 2.75) is 6.42 Å². The molecule has 1 aromatic carbocycles. The maximum absolute atomic E-state index is 11.8. The van der Waals surface area contributed by atoms with Gasteiger partial charge in [0.1, 0.15) is 5.75 Å². The fourth-order valence-electron chi connectivity index (χ4n) is 1.67. The Morgan fingerprint density at radius 3 is 2.62 bits per heavy atom. The van der Waals surface area contributed by atoms with Crippen LogP contribution in [0.25, 0.3) is 0 Å². The quantitative estimate of drug-likeness (QED) is 0.839. The Bertz CT molecular complexity index is 585. The van der Waals surface area contributed by atoms with Crippen LogP contribution in [0.3, 0.4) is 0 Å². The maximum Gasteiger partial charge on any atom is 0.262 e. The minimum Gasteiger partial charge on any atom is -0.482 e. The molecular formula is C15H16BrN3O2. The van der Waals surface area contributed by atoms with Crippen molar-refractivity contribution in [2.24, 2.45) is 5.73 Å². The van der Waals surface area contributed by atoms with Crippen LogP contribution in [-0.4, -0.2) is 24.0 Å². The number of nitrogens with zero attached hydrogens (tertiary/aromatic N) is 1. The van der Waals surface area contributed by atoms with Crippen LogP contribution in [0.5, 0.6) is 5.75 Å². The average molecular weight is 350 g/mol. The summed E-state index contributed by atoms with van der Waals surface area (Å²) < 4.78 is 6.34. The lowest BCUT2D eigenvalue weighted by atomic mass is 10.3. The maximum atomic E-state index is 11.8. The number of rotatable bonds is 6. The normalized spacial score (nSPS) is 10.2. The first-order chi connectivity index (χ1) is 10.2. The molecule has 0 spiro atoms. The number of carbonyl (C=O) groups is 1. The van der Waals surface area contributed by atoms with Gasteiger partial charge >= 0.3 is 0 Å². The molecule has 0 atom stereocenters. The zero-order valence-corrected chi connectivity index (χ0v) is 13.0. The van der Waals surface area contributed by atoms with E-state index in [1.807, 2.05) is 30.3 Å². The predicted molar refractivity (Wildman–Crippen MR) is 85.3 cm³/mol. The van der Waals surface area contributed by atoms with E-state index in [4.69, 9.17) is 10.5 Å². The number of nitrogens with one attached hydrogen (secondary N) is 1. The molecule has 0 aliphatic carbocycles. The van der Waals surface area contributed by atoms with Gasteiger partial charge in [-0.3, -0.25) is 9.78 Å². The summed E-state index contributed by atoms with van der Waals surface area (Å²) in [5.41, 5.74) is 7.08. The van der Waals surface area contributed by atoms with Crippen LogP contribution in [0.15, 0.2) is 47.1 Å². The SMILES string of the molecule is NCCc1ccc(OCC(=O)Nc2ccc(Br)cc2)cn1. The van der Waals surface area contributed by atoms with Gasteiger partial charge in [-0.2, -0.15) is 0 Å². The van der Waals surface area contributed by atoms with Crippen LogP contribution < -0.4 is 15.8 Å². The largest absolute Gasteiger partial charge is 0.482 e. The first-order valence-corrected chi connectivity index (χ1v) is 7.30. The van der Waals surface area contributed by atoms with Crippen LogP contribution in [0.2, 0.25) is 0 Å². The van der Waals surface area contributed by atoms with E-state index in [1.165, 1.54) is 0 Å². The van der Waals surface area contributed by atoms with Gasteiger partial charge < -0.3 is 15.8 Å². The van der Waals surface area contributed by atoms with Gasteiger partial charge in [0.05, 0.1) is 6.20 Å². The lowest BCUT2D eigenvalue weighted by Gasteiger charge is -2.08. The zero-order valence-electron chi connectivity index (χ0n) is 11.4. The van der Waals surface area contributed by atoms with Gasteiger partial charge in [0.25, 0.3) is 5.91 Å². The second-order valence-corrected chi connectivity index (χ2v) is 5.28. The van der Waals surface area contributed by atoms with Gasteiger partial charge in [0.15, 0.2) is 6.61 Å². The molecule has 21 heavy (non-hydrogen) atoms. The zero-order chi connectivity index (χ0) is 15.1. The number of nitrogens with two attached hydrogens (primary N) is 1. The van der Waals surface area contributed by atoms with E-state index in [0.29, 0.717) is 12.3 Å². The molecule has 1 aromatic heterocycles. The Hall–Kier alpha value is -1.92. The number of carbonyl (C=O) groups excluding carboxylic acids is 1. The van der Waals surface area contributed by atoms with Gasteiger partial charge in [0.2, 0.25) is 0 Å². The third kappa shape index (κ3) is 5.17. The van der Waals surface area contributed by atoms with Crippen molar-refractivity contribution < 1.29 is 9.53 Å². The summed E-state index contributed by atoms with van der Waals surface area (Å²) in [6, 6.07) is 11.0. The van der Waals surface area contributed by atoms with Gasteiger partial charge in [0, 0.05) is 22.3 Å². The molecule has 3 N–H and O–H groups in total. The highest BCUT2D eigenvalue weighted by Crippen LogP contribution is 2.14. The van der Waals surface area contributed by atoms with Crippen molar-refractivity contribution in [3.05, 3.63) is 52.8 Å². The smallest absolute Gasteiger partial charge is 0.262 e. The minimum atomic E-state index is -0.219. The Labute approximate surface area is 131 Å². The molecule has 0 bridgehead atoms. The molecule has 1 heterocycles. The van der Waals surface area contributed by atoms with E-state index in [0.717, 1.165) is 22.3 Å². The molecule has 1 amide bonds. The molecule has 110 valence electrons. The lowest BCUT2D eigenvalue weighted by Crippen LogP contribution is -2.20. The number of anilines is 1. The number of hydrogen-bond acceptors (Lipinski definition) is 4. The Morgan fingerprint density at radius 2 is 2.00 bits per heavy atom. The second-order valence-electron chi connectivity index (χ2n) is 4.37. The predicted octanol–water partition coefficient (Wildman–Crippen LogP) is 2.36. The second kappa shape index (κ2) is 7.75. The molecule has 0 fully saturated rings. The van der Waals surface area contributed by atoms with Crippen molar-refractivity contribution in [1.29, 1.82) is 0 Å². The molecular weight excluding hydrogens is 334 g/mol. The van der Waals surface area contributed by atoms with E-state index in [-0.39, 0.29) is 12.5 Å². The van der Waals surface area contributed by atoms with E-state index < -0.39 is 0 Å². The number of aromatic nitrogens is 1. The first kappa shape index (κ1) is 15.5. The van der Waals surface area contributed by atoms with Crippen molar-refractivity contribution in [3.63, 3.8) is 0 Å². The van der Waals surface area contributed by atoms with E-state index >= 15 is 0 Å². The molecule has 0 radical (unpaired) electrons. The van der Waals surface area contributed by atoms with E-state index in [1.54, 1.807) is 12.3 Å². The minimum absolute atomic E-state index is 0.0615. The Kier molecular flexibility index (Phi) is 5.71. The fourth-order valence-corrected chi connectivity index (χ4v) is 1.94. The standard InChI is InChI=1S/C15H16BrN3O2/c16-11-1-3-13(4-2-11)19-15(20)10-21-14-6-5-12(7-8-17)18-9-14/h1-6,9H,7-8,10,17H2,(H,19,20). The Morgan fingerprint density at radius 1 is 1.24 bits per heavy atom. The van der Waals surface area contributed by atoms with Crippen LogP contribution in [0.4, 0.5) is 5.69 Å². The monoisotopic (exact) mass is 349 g/mol. The summed E-state index contributed by atoms with van der Waals surface area (Å²) >= 11 is 3.34. The summed E-state index contributed by atoms with van der Waals surface area (Å²) in [7, 11) is 0. The topological polar surface area (TPSA) is 77.2 Å². The van der Waals surface area contributed by atoms with Crippen molar-refractivity contribution in [2.75, 3.05) is 18.5 Å². The van der Waals surface area contributed by atoms with Crippen LogP contribution in [0, 0.1) is 0 Å². The number of halogens is 1. The third-order valence-electron chi connectivity index (χ3n) is 2.70. The molecule has 6 heteroatoms. The van der Waals surface area contributed by atoms with Gasteiger partial charge in [-0.1, -0.05) is 15.9 Å². The van der Waals surface area contributed by atoms with Crippen LogP contribution >= 0.6 is 15.9 Å². The van der Waals surface area contributed by atoms with E-state index in [9.17, 15) is 4.79 Å². The van der Waals surface area contributed by atoms with Crippen LogP contribution in [-0.2, 0) is 11.2 Å². The molecule has 0 aliphatic rings. The first-order valence-electron chi connectivity index (χ1n) is 6.50. The van der Waals surface area contributed by atoms with Crippen molar-refractivity contribution in [3.8, 4) is 5.75 Å². The highest BCUT2D eigenvalue weighted by Gasteiger charge is 2.04. The number of benzene rings is 1. The lowest BCUT2D eigenvalue weighted by molar-refractivity contribution is -0.118. The molecule has 0 saturated carbocycles. The van der Waals surface area contributed by atoms with Gasteiger partial charge in [-0.05, 0) is 42.9 Å². The Balaban J connectivity index is 1.81. The fraction of sp³-hybridized carbons (Fsp3) is 0.200. The average Bonchev–Trinajstić information content (AvgIpc) is 2.49. The summed E-state index contributed by atoms with van der Waals surface area (Å²) in [5, 5.41) is 2.75. The highest BCUT2D eigenvalue weighted by atomic mass is 79.9. The van der Waals surface area contributed by atoms with Crippen molar-refractivity contribution in [1.82, 2.24) is 4.98 Å². The summed E-state index contributed by atoms with van der Waals surface area (Å²) in [6.45, 7) is 0.497. The molecule has 0 unspecified atom stereocenters. The molecule has 2 rings (SSSR count). The molecule has 0 aliphatic heterocycles. The van der Waals surface area contributed by atoms with Gasteiger partial charge in [-0.15, -0.1) is 0 Å². The summed E-state index contributed by atoms with van der Waals surface area (Å²) in [5.74, 6) is 0.338. The number of hydrogen-bond donors (Lipinski definition) is 2. The van der Waals surface area contributed by atoms with Crippen LogP contribution in [0.1, 0.15) is 5.69 Å². The number of ether oxygens (including phenoxy) is 1. The number of pyridine rings is 1. The van der Waals surface area contributed by atoms with Gasteiger partial charge in [-0.25, -0.2) is 0 Å². The molecule has 0 saturated heterocycles. The third-order valence-corrected chi connectivity index (χ3v) is 3.22. The van der Waals surface area contributed by atoms with E-state index in [2.05, 4.69) is 26.2 Å². The summed E-state index contributed by atoms with van der Waals surface area (Å²) in [6.07, 6.45) is 2.32. The van der Waals surface area contributed by atoms with Crippen molar-refractivity contribution >= 4 is 27.5 Å². The number of amides is 1. The summed E-state index contributed by atoms with van der Waals surface area (Å²) in [4.78, 5) is 16.0. The molecule has 2 aromatic rings. The molecule has 5 nitrogen and oxygen atoms in total. The highest BCUT2D eigenvalue weighted by molar-refractivity contribution is 9.10.